The van der Waals surface area contributed by atoms with E-state index in [4.69, 9.17) is 4.74 Å². The predicted molar refractivity (Wildman–Crippen MR) is 111 cm³/mol. The predicted octanol–water partition coefficient (Wildman–Crippen LogP) is 2.11. The number of nitrogens with one attached hydrogen (secondary N) is 1. The Kier molecular flexibility index (Phi) is 6.30. The summed E-state index contributed by atoms with van der Waals surface area (Å²) in [5, 5.41) is 11.4. The highest BCUT2D eigenvalue weighted by Gasteiger charge is 2.27. The van der Waals surface area contributed by atoms with Gasteiger partial charge in [0, 0.05) is 37.3 Å². The van der Waals surface area contributed by atoms with Gasteiger partial charge in [0.25, 0.3) is 5.91 Å². The first-order valence-electron chi connectivity index (χ1n) is 10.8. The molecule has 3 heterocycles. The smallest absolute Gasteiger partial charge is 0.251 e. The zero-order valence-electron chi connectivity index (χ0n) is 17.5. The van der Waals surface area contributed by atoms with Crippen molar-refractivity contribution in [2.45, 2.75) is 58.0 Å². The number of fused-ring (bicyclic) bond motifs is 5. The lowest BCUT2D eigenvalue weighted by Crippen LogP contribution is -2.49. The second-order valence-corrected chi connectivity index (χ2v) is 8.10. The quantitative estimate of drug-likeness (QED) is 0.717. The summed E-state index contributed by atoms with van der Waals surface area (Å²) in [4.78, 5) is 27.5. The first-order valence-corrected chi connectivity index (χ1v) is 10.8. The molecule has 1 fully saturated rings. The third-order valence-corrected chi connectivity index (χ3v) is 5.88. The fourth-order valence-electron chi connectivity index (χ4n) is 4.13. The molecule has 1 atom stereocenters. The molecular weight excluding hydrogens is 382 g/mol. The number of amides is 2. The maximum Gasteiger partial charge on any atom is 0.251 e. The lowest BCUT2D eigenvalue weighted by molar-refractivity contribution is -0.134. The summed E-state index contributed by atoms with van der Waals surface area (Å²) in [6.07, 6.45) is 6.89. The van der Waals surface area contributed by atoms with Gasteiger partial charge in [-0.25, -0.2) is 4.68 Å². The van der Waals surface area contributed by atoms with Gasteiger partial charge in [-0.1, -0.05) is 11.3 Å². The summed E-state index contributed by atoms with van der Waals surface area (Å²) in [6, 6.07) is 5.54. The molecule has 1 unspecified atom stereocenters. The molecule has 8 nitrogen and oxygen atoms in total. The van der Waals surface area contributed by atoms with E-state index in [1.807, 2.05) is 30.2 Å². The van der Waals surface area contributed by atoms with Gasteiger partial charge in [0.2, 0.25) is 5.91 Å². The largest absolute Gasteiger partial charge is 0.491 e. The number of nitrogens with zero attached hydrogens (tertiary/aromatic N) is 4. The number of piperidine rings is 1. The van der Waals surface area contributed by atoms with E-state index < -0.39 is 0 Å². The fraction of sp³-hybridized carbons (Fsp3) is 0.545. The monoisotopic (exact) mass is 411 g/mol. The van der Waals surface area contributed by atoms with Crippen LogP contribution in [0, 0.1) is 6.92 Å². The van der Waals surface area contributed by atoms with Gasteiger partial charge < -0.3 is 15.0 Å². The molecule has 2 aromatic rings. The lowest BCUT2D eigenvalue weighted by Gasteiger charge is -2.36. The number of rotatable bonds is 0. The van der Waals surface area contributed by atoms with E-state index in [1.54, 1.807) is 10.7 Å². The van der Waals surface area contributed by atoms with Gasteiger partial charge >= 0.3 is 0 Å². The number of aromatic nitrogens is 3. The molecule has 2 aliphatic rings. The molecule has 1 saturated heterocycles. The molecule has 4 bridgehead atoms. The first-order chi connectivity index (χ1) is 14.6. The topological polar surface area (TPSA) is 89.3 Å². The van der Waals surface area contributed by atoms with Crippen LogP contribution in [0.5, 0.6) is 5.75 Å². The van der Waals surface area contributed by atoms with E-state index in [9.17, 15) is 9.59 Å². The minimum atomic E-state index is -0.139. The summed E-state index contributed by atoms with van der Waals surface area (Å²) in [6.45, 7) is 4.20. The Bertz CT molecular complexity index is 910. The molecular formula is C22H29N5O3. The van der Waals surface area contributed by atoms with Crippen LogP contribution in [0.4, 0.5) is 0 Å². The summed E-state index contributed by atoms with van der Waals surface area (Å²) >= 11 is 0. The highest BCUT2D eigenvalue weighted by atomic mass is 16.5. The van der Waals surface area contributed by atoms with Gasteiger partial charge in [-0.3, -0.25) is 9.59 Å². The van der Waals surface area contributed by atoms with Crippen molar-refractivity contribution in [3.05, 3.63) is 41.2 Å². The van der Waals surface area contributed by atoms with Gasteiger partial charge in [0.05, 0.1) is 12.2 Å². The van der Waals surface area contributed by atoms with Crippen LogP contribution in [-0.2, 0) is 17.8 Å². The molecule has 2 amide bonds. The summed E-state index contributed by atoms with van der Waals surface area (Å²) < 4.78 is 7.67. The molecule has 1 N–H and O–H groups in total. The van der Waals surface area contributed by atoms with Crippen LogP contribution in [-0.4, -0.2) is 57.4 Å². The van der Waals surface area contributed by atoms with E-state index in [1.165, 1.54) is 0 Å². The number of benzene rings is 1. The van der Waals surface area contributed by atoms with Gasteiger partial charge in [-0.05, 0) is 56.7 Å². The standard InChI is InChI=1S/C22H29N5O3/c1-16-8-9-17-13-20(16)30-12-11-26-15-18(24-25-26)5-4-7-21(28)27-10-3-2-6-19(27)14-23-22(17)29/h8-9,13,15,19H,2-7,10-12,14H2,1H3,(H,23,29). The Labute approximate surface area is 176 Å². The number of hydrogen-bond donors (Lipinski definition) is 1. The first kappa shape index (κ1) is 20.4. The zero-order chi connectivity index (χ0) is 20.9. The number of ether oxygens (including phenoxy) is 1. The van der Waals surface area contributed by atoms with Crippen LogP contribution < -0.4 is 10.1 Å². The maximum atomic E-state index is 12.8. The average Bonchev–Trinajstić information content (AvgIpc) is 3.20. The zero-order valence-corrected chi connectivity index (χ0v) is 17.5. The number of carbonyl (C=O) groups is 2. The molecule has 1 aromatic carbocycles. The molecule has 2 aliphatic heterocycles. The molecule has 160 valence electrons. The molecule has 4 rings (SSSR count). The second kappa shape index (κ2) is 9.28. The fourth-order valence-corrected chi connectivity index (χ4v) is 4.13. The minimum Gasteiger partial charge on any atom is -0.491 e. The van der Waals surface area contributed by atoms with E-state index in [-0.39, 0.29) is 17.9 Å². The van der Waals surface area contributed by atoms with Gasteiger partial charge in [-0.2, -0.15) is 0 Å². The maximum absolute atomic E-state index is 12.8. The Hall–Kier alpha value is -2.90. The van der Waals surface area contributed by atoms with Crippen molar-refractivity contribution >= 4 is 11.8 Å². The van der Waals surface area contributed by atoms with Crippen molar-refractivity contribution in [2.24, 2.45) is 0 Å². The highest BCUT2D eigenvalue weighted by Crippen LogP contribution is 2.21. The van der Waals surface area contributed by atoms with Gasteiger partial charge in [-0.15, -0.1) is 5.10 Å². The average molecular weight is 412 g/mol. The number of carbonyl (C=O) groups excluding carboxylic acids is 2. The summed E-state index contributed by atoms with van der Waals surface area (Å²) in [5.41, 5.74) is 2.43. The third kappa shape index (κ3) is 4.80. The van der Waals surface area contributed by atoms with Crippen LogP contribution in [0.1, 0.15) is 53.7 Å². The van der Waals surface area contributed by atoms with Crippen molar-refractivity contribution in [1.82, 2.24) is 25.2 Å². The van der Waals surface area contributed by atoms with Crippen molar-refractivity contribution in [1.29, 1.82) is 0 Å². The van der Waals surface area contributed by atoms with E-state index in [2.05, 4.69) is 15.6 Å². The lowest BCUT2D eigenvalue weighted by atomic mass is 10.0. The summed E-state index contributed by atoms with van der Waals surface area (Å²) in [7, 11) is 0. The van der Waals surface area contributed by atoms with E-state index in [0.29, 0.717) is 37.4 Å². The van der Waals surface area contributed by atoms with Gasteiger partial charge in [0.15, 0.2) is 0 Å². The normalized spacial score (nSPS) is 21.1. The van der Waals surface area contributed by atoms with Crippen molar-refractivity contribution in [3.63, 3.8) is 0 Å². The molecule has 0 aliphatic carbocycles. The second-order valence-electron chi connectivity index (χ2n) is 8.10. The highest BCUT2D eigenvalue weighted by molar-refractivity contribution is 5.94. The van der Waals surface area contributed by atoms with Crippen LogP contribution in [0.25, 0.3) is 0 Å². The molecule has 0 spiro atoms. The van der Waals surface area contributed by atoms with E-state index in [0.717, 1.165) is 49.9 Å². The Morgan fingerprint density at radius 1 is 1.13 bits per heavy atom. The number of aryl methyl sites for hydroxylation is 2. The van der Waals surface area contributed by atoms with Crippen molar-refractivity contribution < 1.29 is 14.3 Å². The van der Waals surface area contributed by atoms with Crippen LogP contribution >= 0.6 is 0 Å². The third-order valence-electron chi connectivity index (χ3n) is 5.88. The Morgan fingerprint density at radius 3 is 2.93 bits per heavy atom. The van der Waals surface area contributed by atoms with Gasteiger partial charge in [0.1, 0.15) is 12.4 Å². The van der Waals surface area contributed by atoms with Crippen LogP contribution in [0.2, 0.25) is 0 Å². The molecule has 8 heteroatoms. The number of hydrogen-bond acceptors (Lipinski definition) is 5. The Morgan fingerprint density at radius 2 is 2.03 bits per heavy atom. The molecule has 0 saturated carbocycles. The van der Waals surface area contributed by atoms with Crippen LogP contribution in [0.15, 0.2) is 24.4 Å². The van der Waals surface area contributed by atoms with Crippen molar-refractivity contribution in [2.75, 3.05) is 19.7 Å². The van der Waals surface area contributed by atoms with E-state index >= 15 is 0 Å². The van der Waals surface area contributed by atoms with Crippen molar-refractivity contribution in [3.8, 4) is 5.75 Å². The Balaban J connectivity index is 1.55. The molecule has 0 radical (unpaired) electrons. The molecule has 1 aromatic heterocycles. The SMILES string of the molecule is Cc1ccc2cc1OCCn1cc(nn1)CCCC(=O)N1CCCCC1CNC2=O. The minimum absolute atomic E-state index is 0.0520. The molecule has 30 heavy (non-hydrogen) atoms. The van der Waals surface area contributed by atoms with Crippen LogP contribution in [0.3, 0.4) is 0 Å². The summed E-state index contributed by atoms with van der Waals surface area (Å²) in [5.74, 6) is 0.715.